The molecule has 0 heterocycles. The van der Waals surface area contributed by atoms with Crippen molar-refractivity contribution in [1.82, 2.24) is 0 Å². The third kappa shape index (κ3) is 3.05. The summed E-state index contributed by atoms with van der Waals surface area (Å²) in [7, 11) is 0. The molecule has 0 amide bonds. The maximum atomic E-state index is 12.4. The van der Waals surface area contributed by atoms with E-state index in [0.29, 0.717) is 5.56 Å². The van der Waals surface area contributed by atoms with E-state index in [0.717, 1.165) is 12.1 Å². The van der Waals surface area contributed by atoms with Crippen LogP contribution in [0.2, 0.25) is 5.02 Å². The molecule has 0 aliphatic carbocycles. The number of benzene rings is 1. The summed E-state index contributed by atoms with van der Waals surface area (Å²) in [6.45, 7) is 3.14. The highest BCUT2D eigenvalue weighted by Gasteiger charge is 2.32. The average Bonchev–Trinajstić information content (AvgIpc) is 2.15. The van der Waals surface area contributed by atoms with Gasteiger partial charge in [-0.15, -0.1) is 0 Å². The van der Waals surface area contributed by atoms with Crippen molar-refractivity contribution in [3.8, 4) is 0 Å². The van der Waals surface area contributed by atoms with Crippen molar-refractivity contribution in [3.63, 3.8) is 0 Å². The van der Waals surface area contributed by atoms with E-state index >= 15 is 0 Å². The monoisotopic (exact) mass is 263 g/mol. The molecule has 7 heteroatoms. The molecule has 1 rings (SSSR count). The summed E-state index contributed by atoms with van der Waals surface area (Å²) in [4.78, 5) is 2.64. The van der Waals surface area contributed by atoms with Crippen molar-refractivity contribution in [2.45, 2.75) is 25.6 Å². The lowest BCUT2D eigenvalue weighted by Gasteiger charge is -2.20. The van der Waals surface area contributed by atoms with E-state index in [4.69, 9.17) is 17.1 Å². The molecule has 0 bridgehead atoms. The quantitative estimate of drug-likeness (QED) is 0.414. The fourth-order valence-corrected chi connectivity index (χ4v) is 1.77. The van der Waals surface area contributed by atoms with Crippen LogP contribution in [-0.2, 0) is 11.7 Å². The van der Waals surface area contributed by atoms with Crippen molar-refractivity contribution in [2.75, 3.05) is 0 Å². The van der Waals surface area contributed by atoms with E-state index in [2.05, 4.69) is 10.0 Å². The lowest BCUT2D eigenvalue weighted by atomic mass is 9.94. The summed E-state index contributed by atoms with van der Waals surface area (Å²) in [6, 6.07) is 2.96. The number of halogens is 4. The lowest BCUT2D eigenvalue weighted by Crippen LogP contribution is -2.14. The number of hydrogen-bond acceptors (Lipinski definition) is 1. The van der Waals surface area contributed by atoms with Crippen LogP contribution < -0.4 is 0 Å². The first kappa shape index (κ1) is 13.7. The Kier molecular flexibility index (Phi) is 3.59. The highest BCUT2D eigenvalue weighted by molar-refractivity contribution is 6.31. The largest absolute Gasteiger partial charge is 0.416 e. The van der Waals surface area contributed by atoms with Gasteiger partial charge in [0.25, 0.3) is 0 Å². The Labute approximate surface area is 101 Å². The van der Waals surface area contributed by atoms with Crippen LogP contribution in [0, 0.1) is 0 Å². The van der Waals surface area contributed by atoms with Gasteiger partial charge in [-0.3, -0.25) is 0 Å². The van der Waals surface area contributed by atoms with Gasteiger partial charge < -0.3 is 0 Å². The Balaban J connectivity index is 3.28. The molecule has 0 unspecified atom stereocenters. The van der Waals surface area contributed by atoms with Gasteiger partial charge in [0.1, 0.15) is 0 Å². The maximum Gasteiger partial charge on any atom is 0.416 e. The molecule has 0 saturated carbocycles. The van der Waals surface area contributed by atoms with Crippen molar-refractivity contribution < 1.29 is 13.2 Å². The third-order valence-electron chi connectivity index (χ3n) is 2.25. The lowest BCUT2D eigenvalue weighted by molar-refractivity contribution is -0.137. The highest BCUT2D eigenvalue weighted by atomic mass is 35.5. The molecular weight excluding hydrogens is 255 g/mol. The Morgan fingerprint density at radius 2 is 1.88 bits per heavy atom. The zero-order chi connectivity index (χ0) is 13.3. The number of hydrogen-bond donors (Lipinski definition) is 0. The molecule has 0 radical (unpaired) electrons. The molecule has 0 fully saturated rings. The van der Waals surface area contributed by atoms with Crippen molar-refractivity contribution >= 4 is 11.6 Å². The van der Waals surface area contributed by atoms with E-state index in [-0.39, 0.29) is 5.02 Å². The topological polar surface area (TPSA) is 48.8 Å². The van der Waals surface area contributed by atoms with Gasteiger partial charge >= 0.3 is 6.18 Å². The Hall–Kier alpha value is -1.39. The summed E-state index contributed by atoms with van der Waals surface area (Å²) in [6.07, 6.45) is -4.44. The van der Waals surface area contributed by atoms with Gasteiger partial charge in [-0.25, -0.2) is 0 Å². The van der Waals surface area contributed by atoms with Gasteiger partial charge in [-0.05, 0) is 23.2 Å². The Bertz CT molecular complexity index is 476. The van der Waals surface area contributed by atoms with Gasteiger partial charge in [0.2, 0.25) is 0 Å². The van der Waals surface area contributed by atoms with Crippen LogP contribution in [0.5, 0.6) is 0 Å². The minimum absolute atomic E-state index is 0.0720. The predicted octanol–water partition coefficient (Wildman–Crippen LogP) is 4.90. The van der Waals surface area contributed by atoms with Crippen molar-refractivity contribution in [1.29, 1.82) is 0 Å². The fourth-order valence-electron chi connectivity index (χ4n) is 1.35. The molecule has 1 aromatic rings. The van der Waals surface area contributed by atoms with Crippen LogP contribution in [-0.4, -0.2) is 0 Å². The molecule has 0 aliphatic rings. The first-order valence-electron chi connectivity index (χ1n) is 4.62. The molecular formula is C10H9ClF3N3. The van der Waals surface area contributed by atoms with Gasteiger partial charge in [-0.1, -0.05) is 36.6 Å². The molecule has 17 heavy (non-hydrogen) atoms. The fraction of sp³-hybridized carbons (Fsp3) is 0.400. The van der Waals surface area contributed by atoms with E-state index in [1.54, 1.807) is 13.8 Å². The molecule has 0 aliphatic heterocycles. The van der Waals surface area contributed by atoms with Crippen LogP contribution in [0.15, 0.2) is 23.3 Å². The Morgan fingerprint density at radius 1 is 1.29 bits per heavy atom. The zero-order valence-electron chi connectivity index (χ0n) is 9.09. The van der Waals surface area contributed by atoms with Crippen molar-refractivity contribution in [2.24, 2.45) is 5.11 Å². The number of alkyl halides is 3. The van der Waals surface area contributed by atoms with Gasteiger partial charge in [0.05, 0.1) is 11.1 Å². The first-order chi connectivity index (χ1) is 7.68. The summed E-state index contributed by atoms with van der Waals surface area (Å²) in [5.41, 5.74) is 6.90. The third-order valence-corrected chi connectivity index (χ3v) is 2.56. The van der Waals surface area contributed by atoms with E-state index in [1.807, 2.05) is 0 Å². The molecule has 1 aromatic carbocycles. The second-order valence-corrected chi connectivity index (χ2v) is 4.35. The maximum absolute atomic E-state index is 12.4. The first-order valence-corrected chi connectivity index (χ1v) is 5.00. The predicted molar refractivity (Wildman–Crippen MR) is 58.6 cm³/mol. The molecule has 92 valence electrons. The molecule has 0 aromatic heterocycles. The Morgan fingerprint density at radius 3 is 2.29 bits per heavy atom. The highest BCUT2D eigenvalue weighted by Crippen LogP contribution is 2.36. The normalized spacial score (nSPS) is 12.1. The van der Waals surface area contributed by atoms with Crippen LogP contribution in [0.3, 0.4) is 0 Å². The van der Waals surface area contributed by atoms with Gasteiger partial charge in [0, 0.05) is 9.93 Å². The average molecular weight is 264 g/mol. The summed E-state index contributed by atoms with van der Waals surface area (Å²) < 4.78 is 37.2. The van der Waals surface area contributed by atoms with E-state index in [1.165, 1.54) is 6.07 Å². The molecule has 0 N–H and O–H groups in total. The van der Waals surface area contributed by atoms with Crippen molar-refractivity contribution in [3.05, 3.63) is 44.8 Å². The van der Waals surface area contributed by atoms with Gasteiger partial charge in [0.15, 0.2) is 0 Å². The number of azide groups is 1. The molecule has 0 spiro atoms. The van der Waals surface area contributed by atoms with Gasteiger partial charge in [-0.2, -0.15) is 13.2 Å². The minimum Gasteiger partial charge on any atom is -0.166 e. The zero-order valence-corrected chi connectivity index (χ0v) is 9.84. The van der Waals surface area contributed by atoms with Crippen LogP contribution in [0.4, 0.5) is 13.2 Å². The molecule has 3 nitrogen and oxygen atoms in total. The summed E-state index contributed by atoms with van der Waals surface area (Å²) in [5, 5.41) is 3.42. The molecule has 0 saturated heterocycles. The smallest absolute Gasteiger partial charge is 0.166 e. The van der Waals surface area contributed by atoms with E-state index in [9.17, 15) is 13.2 Å². The minimum atomic E-state index is -4.44. The standard InChI is InChI=1S/C10H9ClF3N3/c1-9(2,16-17-15)7-4-3-6(5-8(7)11)10(12,13)14/h3-5H,1-2H3. The SMILES string of the molecule is CC(C)(N=[N+]=[N-])c1ccc(C(F)(F)F)cc1Cl. The summed E-state index contributed by atoms with van der Waals surface area (Å²) in [5.74, 6) is 0. The molecule has 0 atom stereocenters. The summed E-state index contributed by atoms with van der Waals surface area (Å²) >= 11 is 5.77. The number of nitrogens with zero attached hydrogens (tertiary/aromatic N) is 3. The van der Waals surface area contributed by atoms with E-state index < -0.39 is 17.3 Å². The van der Waals surface area contributed by atoms with Crippen LogP contribution in [0.1, 0.15) is 25.0 Å². The van der Waals surface area contributed by atoms with Crippen LogP contribution >= 0.6 is 11.6 Å². The second kappa shape index (κ2) is 4.47. The number of rotatable bonds is 2. The second-order valence-electron chi connectivity index (χ2n) is 3.94. The van der Waals surface area contributed by atoms with Crippen LogP contribution in [0.25, 0.3) is 10.4 Å².